The van der Waals surface area contributed by atoms with Crippen LogP contribution in [0.4, 0.5) is 5.69 Å². The molecule has 3 rings (SSSR count). The molecule has 0 amide bonds. The first-order valence-corrected chi connectivity index (χ1v) is 10.1. The molecule has 0 bridgehead atoms. The molecule has 0 aliphatic carbocycles. The number of nitrogens with zero attached hydrogens (tertiary/aromatic N) is 3. The largest absolute Gasteiger partial charge is 0.316 e. The number of piperazine rings is 1. The number of sulfonamides is 1. The topological polar surface area (TPSA) is 95.8 Å². The Balaban J connectivity index is 0.00000243. The smallest absolute Gasteiger partial charge is 0.270 e. The molecule has 1 N–H and O–H groups in total. The van der Waals surface area contributed by atoms with Gasteiger partial charge in [-0.2, -0.15) is 4.31 Å². The van der Waals surface area contributed by atoms with Gasteiger partial charge in [0.2, 0.25) is 10.0 Å². The van der Waals surface area contributed by atoms with Gasteiger partial charge in [-0.25, -0.2) is 8.42 Å². The zero-order valence-electron chi connectivity index (χ0n) is 14.5. The van der Waals surface area contributed by atoms with Crippen molar-refractivity contribution >= 4 is 28.1 Å². The molecule has 2 heterocycles. The maximum absolute atomic E-state index is 12.7. The lowest BCUT2D eigenvalue weighted by Gasteiger charge is -2.36. The minimum atomic E-state index is -3.68. The van der Waals surface area contributed by atoms with E-state index < -0.39 is 14.9 Å². The molecule has 1 unspecified atom stereocenters. The summed E-state index contributed by atoms with van der Waals surface area (Å²) >= 11 is 0. The molecule has 146 valence electrons. The zero-order valence-corrected chi connectivity index (χ0v) is 16.2. The maximum atomic E-state index is 12.7. The molecule has 26 heavy (non-hydrogen) atoms. The van der Waals surface area contributed by atoms with Gasteiger partial charge in [0, 0.05) is 44.9 Å². The molecular formula is C16H25ClN4O4S. The molecule has 0 aromatic heterocycles. The second-order valence-corrected chi connectivity index (χ2v) is 8.61. The molecule has 0 spiro atoms. The summed E-state index contributed by atoms with van der Waals surface area (Å²) in [5, 5.41) is 14.3. The lowest BCUT2D eigenvalue weighted by atomic mass is 9.99. The number of nitro groups is 1. The quantitative estimate of drug-likeness (QED) is 0.587. The number of hydrogen-bond acceptors (Lipinski definition) is 6. The SMILES string of the molecule is Cl.O=[N+]([O-])c1cccc(S(=O)(=O)N2CCN(CC3CCCNC3)CC2)c1. The van der Waals surface area contributed by atoms with Crippen LogP contribution in [-0.4, -0.2) is 68.4 Å². The second kappa shape index (κ2) is 9.09. The fourth-order valence-electron chi connectivity index (χ4n) is 3.50. The van der Waals surface area contributed by atoms with E-state index in [9.17, 15) is 18.5 Å². The van der Waals surface area contributed by atoms with E-state index in [1.54, 1.807) is 0 Å². The number of hydrogen-bond donors (Lipinski definition) is 1. The Bertz CT molecular complexity index is 717. The van der Waals surface area contributed by atoms with Crippen molar-refractivity contribution in [2.24, 2.45) is 5.92 Å². The van der Waals surface area contributed by atoms with Crippen molar-refractivity contribution in [3.8, 4) is 0 Å². The van der Waals surface area contributed by atoms with Crippen LogP contribution in [0.15, 0.2) is 29.2 Å². The van der Waals surface area contributed by atoms with Gasteiger partial charge < -0.3 is 10.2 Å². The van der Waals surface area contributed by atoms with Crippen LogP contribution in [0.1, 0.15) is 12.8 Å². The van der Waals surface area contributed by atoms with Gasteiger partial charge in [0.1, 0.15) is 0 Å². The molecular weight excluding hydrogens is 380 g/mol. The van der Waals surface area contributed by atoms with Crippen molar-refractivity contribution in [2.75, 3.05) is 45.8 Å². The second-order valence-electron chi connectivity index (χ2n) is 6.67. The fraction of sp³-hybridized carbons (Fsp3) is 0.625. The van der Waals surface area contributed by atoms with Gasteiger partial charge in [-0.1, -0.05) is 6.07 Å². The molecule has 0 radical (unpaired) electrons. The summed E-state index contributed by atoms with van der Waals surface area (Å²) < 4.78 is 26.9. The van der Waals surface area contributed by atoms with Gasteiger partial charge in [0.05, 0.1) is 9.82 Å². The Morgan fingerprint density at radius 2 is 1.96 bits per heavy atom. The number of non-ortho nitro benzene ring substituents is 1. The molecule has 2 aliphatic heterocycles. The van der Waals surface area contributed by atoms with Crippen LogP contribution in [0.5, 0.6) is 0 Å². The number of benzene rings is 1. The summed E-state index contributed by atoms with van der Waals surface area (Å²) in [6, 6.07) is 5.27. The summed E-state index contributed by atoms with van der Waals surface area (Å²) in [6.07, 6.45) is 2.42. The third kappa shape index (κ3) is 4.92. The predicted molar refractivity (Wildman–Crippen MR) is 101 cm³/mol. The standard InChI is InChI=1S/C16H24N4O4S.ClH/c21-20(22)15-4-1-5-16(11-15)25(23,24)19-9-7-18(8-10-19)13-14-3-2-6-17-12-14;/h1,4-5,11,14,17H,2-3,6-10,12-13H2;1H. The van der Waals surface area contributed by atoms with Gasteiger partial charge >= 0.3 is 0 Å². The Kier molecular flexibility index (Phi) is 7.36. The Morgan fingerprint density at radius 3 is 2.58 bits per heavy atom. The molecule has 1 aromatic rings. The monoisotopic (exact) mass is 404 g/mol. The third-order valence-corrected chi connectivity index (χ3v) is 6.81. The summed E-state index contributed by atoms with van der Waals surface area (Å²) in [5.74, 6) is 0.633. The zero-order chi connectivity index (χ0) is 17.9. The Morgan fingerprint density at radius 1 is 1.23 bits per heavy atom. The highest BCUT2D eigenvalue weighted by atomic mass is 35.5. The van der Waals surface area contributed by atoms with Crippen molar-refractivity contribution in [3.63, 3.8) is 0 Å². The predicted octanol–water partition coefficient (Wildman–Crippen LogP) is 1.32. The molecule has 2 aliphatic rings. The number of halogens is 1. The van der Waals surface area contributed by atoms with Crippen LogP contribution in [0.2, 0.25) is 0 Å². The molecule has 2 fully saturated rings. The van der Waals surface area contributed by atoms with E-state index in [0.717, 1.165) is 25.7 Å². The van der Waals surface area contributed by atoms with Crippen LogP contribution in [0, 0.1) is 16.0 Å². The normalized spacial score (nSPS) is 22.5. The van der Waals surface area contributed by atoms with E-state index in [0.29, 0.717) is 32.1 Å². The summed E-state index contributed by atoms with van der Waals surface area (Å²) in [6.45, 7) is 5.36. The first-order valence-electron chi connectivity index (χ1n) is 8.64. The average Bonchev–Trinajstić information content (AvgIpc) is 2.63. The summed E-state index contributed by atoms with van der Waals surface area (Å²) in [5.41, 5.74) is -0.204. The first kappa shape index (κ1) is 21.0. The van der Waals surface area contributed by atoms with Crippen molar-refractivity contribution in [1.29, 1.82) is 0 Å². The fourth-order valence-corrected chi connectivity index (χ4v) is 4.97. The molecule has 0 saturated carbocycles. The van der Waals surface area contributed by atoms with E-state index in [-0.39, 0.29) is 23.0 Å². The van der Waals surface area contributed by atoms with E-state index in [1.807, 2.05) is 0 Å². The van der Waals surface area contributed by atoms with Gasteiger partial charge in [0.15, 0.2) is 0 Å². The molecule has 1 aromatic carbocycles. The minimum absolute atomic E-state index is 0. The number of piperidine rings is 1. The minimum Gasteiger partial charge on any atom is -0.316 e. The number of rotatable bonds is 5. The van der Waals surface area contributed by atoms with Gasteiger partial charge in [-0.3, -0.25) is 10.1 Å². The lowest BCUT2D eigenvalue weighted by Crippen LogP contribution is -2.50. The van der Waals surface area contributed by atoms with E-state index >= 15 is 0 Å². The summed E-state index contributed by atoms with van der Waals surface area (Å²) in [7, 11) is -3.68. The number of nitro benzene ring substituents is 1. The van der Waals surface area contributed by atoms with Crippen molar-refractivity contribution in [1.82, 2.24) is 14.5 Å². The number of nitrogens with one attached hydrogen (secondary N) is 1. The Labute approximate surface area is 160 Å². The molecule has 8 nitrogen and oxygen atoms in total. The maximum Gasteiger partial charge on any atom is 0.270 e. The van der Waals surface area contributed by atoms with Crippen molar-refractivity contribution in [2.45, 2.75) is 17.7 Å². The van der Waals surface area contributed by atoms with Gasteiger partial charge in [0.25, 0.3) is 5.69 Å². The van der Waals surface area contributed by atoms with E-state index in [4.69, 9.17) is 0 Å². The Hall–Kier alpha value is -1.26. The van der Waals surface area contributed by atoms with E-state index in [2.05, 4.69) is 10.2 Å². The van der Waals surface area contributed by atoms with Crippen LogP contribution >= 0.6 is 12.4 Å². The van der Waals surface area contributed by atoms with Crippen LogP contribution in [0.25, 0.3) is 0 Å². The average molecular weight is 405 g/mol. The third-order valence-electron chi connectivity index (χ3n) is 4.91. The van der Waals surface area contributed by atoms with Gasteiger partial charge in [-0.15, -0.1) is 12.4 Å². The van der Waals surface area contributed by atoms with Crippen molar-refractivity contribution < 1.29 is 13.3 Å². The van der Waals surface area contributed by atoms with Crippen molar-refractivity contribution in [3.05, 3.63) is 34.4 Å². The van der Waals surface area contributed by atoms with Crippen LogP contribution in [-0.2, 0) is 10.0 Å². The van der Waals surface area contributed by atoms with Gasteiger partial charge in [-0.05, 0) is 37.9 Å². The highest BCUT2D eigenvalue weighted by Gasteiger charge is 2.30. The molecule has 1 atom stereocenters. The lowest BCUT2D eigenvalue weighted by molar-refractivity contribution is -0.385. The summed E-state index contributed by atoms with van der Waals surface area (Å²) in [4.78, 5) is 12.6. The molecule has 10 heteroatoms. The highest BCUT2D eigenvalue weighted by molar-refractivity contribution is 7.89. The molecule has 2 saturated heterocycles. The highest BCUT2D eigenvalue weighted by Crippen LogP contribution is 2.22. The van der Waals surface area contributed by atoms with Crippen LogP contribution in [0.3, 0.4) is 0 Å². The first-order chi connectivity index (χ1) is 12.0. The van der Waals surface area contributed by atoms with Crippen LogP contribution < -0.4 is 5.32 Å². The van der Waals surface area contributed by atoms with E-state index in [1.165, 1.54) is 35.3 Å².